The number of aryl methyl sites for hydroxylation is 1. The van der Waals surface area contributed by atoms with Gasteiger partial charge < -0.3 is 19.5 Å². The van der Waals surface area contributed by atoms with E-state index < -0.39 is 0 Å². The Morgan fingerprint density at radius 1 is 1.10 bits per heavy atom. The molecular formula is C31H38N8O3. The highest BCUT2D eigenvalue weighted by molar-refractivity contribution is 6.04. The second kappa shape index (κ2) is 11.7. The Hall–Kier alpha value is -4.09. The summed E-state index contributed by atoms with van der Waals surface area (Å²) < 4.78 is 12.9. The van der Waals surface area contributed by atoms with E-state index in [2.05, 4.69) is 41.6 Å². The lowest BCUT2D eigenvalue weighted by molar-refractivity contribution is 0.0712. The Bertz CT molecular complexity index is 1540. The zero-order valence-corrected chi connectivity index (χ0v) is 24.7. The van der Waals surface area contributed by atoms with Crippen molar-refractivity contribution in [1.82, 2.24) is 30.0 Å². The third-order valence-electron chi connectivity index (χ3n) is 7.95. The van der Waals surface area contributed by atoms with E-state index in [0.29, 0.717) is 28.9 Å². The van der Waals surface area contributed by atoms with Crippen LogP contribution in [0.3, 0.4) is 0 Å². The minimum absolute atomic E-state index is 0.202. The van der Waals surface area contributed by atoms with Gasteiger partial charge in [-0.25, -0.2) is 4.68 Å². The van der Waals surface area contributed by atoms with Crippen LogP contribution in [0, 0.1) is 6.92 Å². The number of hydrogen-bond acceptors (Lipinski definition) is 9. The largest absolute Gasteiger partial charge is 0.377 e. The molecule has 2 saturated heterocycles. The summed E-state index contributed by atoms with van der Waals surface area (Å²) in [6.07, 6.45) is 8.33. The molecule has 1 unspecified atom stereocenters. The third-order valence-corrected chi connectivity index (χ3v) is 7.95. The molecule has 5 heterocycles. The molecule has 1 N–H and O–H groups in total. The zero-order valence-electron chi connectivity index (χ0n) is 24.7. The van der Waals surface area contributed by atoms with Gasteiger partial charge in [0.15, 0.2) is 5.82 Å². The molecule has 4 aromatic rings. The van der Waals surface area contributed by atoms with Gasteiger partial charge in [0.1, 0.15) is 11.5 Å². The normalized spacial score (nSPS) is 18.0. The van der Waals surface area contributed by atoms with Gasteiger partial charge in [-0.15, -0.1) is 5.10 Å². The number of carbonyl (C=O) groups excluding carboxylic acids is 1. The molecule has 3 aromatic heterocycles. The molecular weight excluding hydrogens is 532 g/mol. The van der Waals surface area contributed by atoms with E-state index in [1.54, 1.807) is 22.9 Å². The highest BCUT2D eigenvalue weighted by Gasteiger charge is 2.24. The van der Waals surface area contributed by atoms with Gasteiger partial charge in [0, 0.05) is 68.1 Å². The molecule has 0 bridgehead atoms. The molecule has 2 aliphatic rings. The van der Waals surface area contributed by atoms with Crippen LogP contribution in [-0.2, 0) is 10.2 Å². The molecule has 11 heteroatoms. The monoisotopic (exact) mass is 570 g/mol. The summed E-state index contributed by atoms with van der Waals surface area (Å²) in [7, 11) is 0. The van der Waals surface area contributed by atoms with Crippen molar-refractivity contribution in [3.8, 4) is 16.9 Å². The quantitative estimate of drug-likeness (QED) is 0.344. The first-order valence-electron chi connectivity index (χ1n) is 14.6. The molecule has 42 heavy (non-hydrogen) atoms. The Labute approximate surface area is 245 Å². The molecule has 1 amide bonds. The molecule has 220 valence electrons. The lowest BCUT2D eigenvalue weighted by atomic mass is 9.93. The number of carbonyl (C=O) groups is 1. The average molecular weight is 571 g/mol. The summed E-state index contributed by atoms with van der Waals surface area (Å²) in [5.41, 5.74) is 4.70. The van der Waals surface area contributed by atoms with Gasteiger partial charge in [-0.2, -0.15) is 0 Å². The molecule has 0 aliphatic carbocycles. The fourth-order valence-corrected chi connectivity index (χ4v) is 5.39. The fourth-order valence-electron chi connectivity index (χ4n) is 5.39. The molecule has 2 fully saturated rings. The molecule has 2 aliphatic heterocycles. The topological polar surface area (TPSA) is 114 Å². The van der Waals surface area contributed by atoms with E-state index in [1.165, 1.54) is 12.8 Å². The fraction of sp³-hybridized carbons (Fsp3) is 0.452. The van der Waals surface area contributed by atoms with Gasteiger partial charge in [0.2, 0.25) is 0 Å². The lowest BCUT2D eigenvalue weighted by Crippen LogP contribution is -2.48. The second-order valence-corrected chi connectivity index (χ2v) is 12.2. The summed E-state index contributed by atoms with van der Waals surface area (Å²) in [6, 6.07) is 9.36. The molecule has 0 spiro atoms. The van der Waals surface area contributed by atoms with Gasteiger partial charge in [0.05, 0.1) is 29.9 Å². The van der Waals surface area contributed by atoms with Gasteiger partial charge in [0.25, 0.3) is 5.91 Å². The van der Waals surface area contributed by atoms with Crippen molar-refractivity contribution in [2.45, 2.75) is 52.1 Å². The first-order valence-corrected chi connectivity index (χ1v) is 14.6. The van der Waals surface area contributed by atoms with E-state index in [4.69, 9.17) is 9.26 Å². The van der Waals surface area contributed by atoms with Crippen LogP contribution in [0.15, 0.2) is 53.4 Å². The molecule has 11 nitrogen and oxygen atoms in total. The molecule has 0 saturated carbocycles. The van der Waals surface area contributed by atoms with Crippen LogP contribution in [0.4, 0.5) is 11.5 Å². The molecule has 6 rings (SSSR count). The van der Waals surface area contributed by atoms with Gasteiger partial charge >= 0.3 is 0 Å². The summed E-state index contributed by atoms with van der Waals surface area (Å²) >= 11 is 0. The SMILES string of the molecule is Cc1ccc(C(=O)Nc2cc(C(C)(C)C)on2)cc1-n1cc(-c2cncc(N3CCN(CC4CCCO4)CC3)c2)nn1. The number of aromatic nitrogens is 5. The number of pyridine rings is 1. The van der Waals surface area contributed by atoms with Crippen LogP contribution in [0.1, 0.15) is 55.3 Å². The van der Waals surface area contributed by atoms with E-state index in [1.807, 2.05) is 52.4 Å². The van der Waals surface area contributed by atoms with Gasteiger partial charge in [-0.3, -0.25) is 14.7 Å². The number of anilines is 2. The van der Waals surface area contributed by atoms with E-state index in [-0.39, 0.29) is 11.3 Å². The van der Waals surface area contributed by atoms with Crippen LogP contribution in [0.5, 0.6) is 0 Å². The summed E-state index contributed by atoms with van der Waals surface area (Å²) in [5, 5.41) is 15.6. The van der Waals surface area contributed by atoms with E-state index in [0.717, 1.165) is 61.8 Å². The minimum atomic E-state index is -0.280. The standard InChI is InChI=1S/C31H38N8O3/c1-21-7-8-22(30(40)33-29-16-28(42-35-29)31(2,3)4)15-27(21)39-20-26(34-36-39)23-14-24(18-32-17-23)38-11-9-37(10-12-38)19-25-6-5-13-41-25/h7-8,14-18,20,25H,5-6,9-13,19H2,1-4H3,(H,33,35,40). The highest BCUT2D eigenvalue weighted by atomic mass is 16.5. The predicted octanol–water partition coefficient (Wildman–Crippen LogP) is 4.48. The molecule has 0 radical (unpaired) electrons. The van der Waals surface area contributed by atoms with Crippen molar-refractivity contribution in [3.05, 3.63) is 65.8 Å². The highest BCUT2D eigenvalue weighted by Crippen LogP contribution is 2.27. The second-order valence-electron chi connectivity index (χ2n) is 12.2. The minimum Gasteiger partial charge on any atom is -0.377 e. The summed E-state index contributed by atoms with van der Waals surface area (Å²) in [4.78, 5) is 22.4. The van der Waals surface area contributed by atoms with Crippen molar-refractivity contribution < 1.29 is 14.1 Å². The molecule has 1 atom stereocenters. The number of ether oxygens (including phenoxy) is 1. The number of amides is 1. The van der Waals surface area contributed by atoms with E-state index >= 15 is 0 Å². The van der Waals surface area contributed by atoms with Crippen molar-refractivity contribution in [3.63, 3.8) is 0 Å². The summed E-state index contributed by atoms with van der Waals surface area (Å²) in [6.45, 7) is 13.9. The number of piperazine rings is 1. The van der Waals surface area contributed by atoms with Gasteiger partial charge in [-0.1, -0.05) is 37.2 Å². The predicted molar refractivity (Wildman–Crippen MR) is 160 cm³/mol. The van der Waals surface area contributed by atoms with Crippen LogP contribution in [-0.4, -0.2) is 81.4 Å². The number of rotatable bonds is 7. The smallest absolute Gasteiger partial charge is 0.256 e. The summed E-state index contributed by atoms with van der Waals surface area (Å²) in [5.74, 6) is 0.803. The van der Waals surface area contributed by atoms with Crippen LogP contribution >= 0.6 is 0 Å². The van der Waals surface area contributed by atoms with Crippen LogP contribution < -0.4 is 10.2 Å². The Balaban J connectivity index is 1.14. The lowest BCUT2D eigenvalue weighted by Gasteiger charge is -2.36. The Kier molecular flexibility index (Phi) is 7.78. The van der Waals surface area contributed by atoms with Gasteiger partial charge in [-0.05, 0) is 43.5 Å². The Morgan fingerprint density at radius 3 is 2.67 bits per heavy atom. The maximum Gasteiger partial charge on any atom is 0.256 e. The first-order chi connectivity index (χ1) is 20.2. The number of nitrogens with one attached hydrogen (secondary N) is 1. The Morgan fingerprint density at radius 2 is 1.93 bits per heavy atom. The van der Waals surface area contributed by atoms with E-state index in [9.17, 15) is 4.79 Å². The number of benzene rings is 1. The maximum atomic E-state index is 13.0. The van der Waals surface area contributed by atoms with Crippen molar-refractivity contribution in [1.29, 1.82) is 0 Å². The maximum absolute atomic E-state index is 13.0. The number of nitrogens with zero attached hydrogens (tertiary/aromatic N) is 7. The van der Waals surface area contributed by atoms with Crippen molar-refractivity contribution in [2.75, 3.05) is 49.5 Å². The van der Waals surface area contributed by atoms with Crippen LogP contribution in [0.25, 0.3) is 16.9 Å². The third kappa shape index (κ3) is 6.22. The van der Waals surface area contributed by atoms with Crippen LogP contribution in [0.2, 0.25) is 0 Å². The van der Waals surface area contributed by atoms with Crippen molar-refractivity contribution in [2.24, 2.45) is 0 Å². The first kappa shape index (κ1) is 28.0. The molecule has 1 aromatic carbocycles. The number of hydrogen-bond donors (Lipinski definition) is 1. The van der Waals surface area contributed by atoms with Crippen molar-refractivity contribution >= 4 is 17.4 Å². The zero-order chi connectivity index (χ0) is 29.3. The average Bonchev–Trinajstić information content (AvgIpc) is 3.76.